The predicted molar refractivity (Wildman–Crippen MR) is 48.0 cm³/mol. The average Bonchev–Trinajstić information content (AvgIpc) is 2.53. The lowest BCUT2D eigenvalue weighted by Crippen LogP contribution is -2.24. The Hall–Kier alpha value is -1.35. The van der Waals surface area contributed by atoms with Crippen LogP contribution in [-0.2, 0) is 16.0 Å². The third-order valence-electron chi connectivity index (χ3n) is 2.01. The summed E-state index contributed by atoms with van der Waals surface area (Å²) in [5.41, 5.74) is 1.18. The van der Waals surface area contributed by atoms with E-state index in [0.29, 0.717) is 6.54 Å². The van der Waals surface area contributed by atoms with E-state index in [1.165, 1.54) is 5.56 Å². The second kappa shape index (κ2) is 3.58. The summed E-state index contributed by atoms with van der Waals surface area (Å²) in [7, 11) is 0. The molecule has 0 aromatic heterocycles. The van der Waals surface area contributed by atoms with Gasteiger partial charge in [0.25, 0.3) is 0 Å². The maximum atomic E-state index is 10.8. The molecule has 0 saturated carbocycles. The highest BCUT2D eigenvalue weighted by Crippen LogP contribution is 2.07. The summed E-state index contributed by atoms with van der Waals surface area (Å²) in [4.78, 5) is 10.8. The van der Waals surface area contributed by atoms with E-state index < -0.39 is 0 Å². The number of esters is 1. The molecular formula is C10H11NO2. The molecule has 1 aromatic rings. The lowest BCUT2D eigenvalue weighted by Gasteiger charge is -2.08. The summed E-state index contributed by atoms with van der Waals surface area (Å²) in [6.07, 6.45) is 0.599. The highest BCUT2D eigenvalue weighted by atomic mass is 16.6. The van der Waals surface area contributed by atoms with Gasteiger partial charge >= 0.3 is 5.97 Å². The van der Waals surface area contributed by atoms with E-state index in [0.717, 1.165) is 6.42 Å². The molecule has 1 aromatic carbocycles. The van der Waals surface area contributed by atoms with Gasteiger partial charge in [-0.25, -0.2) is 0 Å². The topological polar surface area (TPSA) is 38.3 Å². The van der Waals surface area contributed by atoms with Crippen LogP contribution in [0.2, 0.25) is 0 Å². The van der Waals surface area contributed by atoms with Crippen LogP contribution < -0.4 is 5.32 Å². The van der Waals surface area contributed by atoms with Gasteiger partial charge in [-0.15, -0.1) is 0 Å². The SMILES string of the molecule is O=C1CNC(Cc2ccccc2)O1. The van der Waals surface area contributed by atoms with Crippen LogP contribution in [0, 0.1) is 0 Å². The fourth-order valence-corrected chi connectivity index (χ4v) is 1.38. The molecule has 3 heteroatoms. The summed E-state index contributed by atoms with van der Waals surface area (Å²) < 4.78 is 5.02. The van der Waals surface area contributed by atoms with Gasteiger partial charge in [-0.2, -0.15) is 0 Å². The van der Waals surface area contributed by atoms with Gasteiger partial charge < -0.3 is 4.74 Å². The van der Waals surface area contributed by atoms with Crippen molar-refractivity contribution in [2.75, 3.05) is 6.54 Å². The Bertz CT molecular complexity index is 297. The number of benzene rings is 1. The van der Waals surface area contributed by atoms with Crippen molar-refractivity contribution in [2.24, 2.45) is 0 Å². The Morgan fingerprint density at radius 2 is 2.15 bits per heavy atom. The number of hydrogen-bond acceptors (Lipinski definition) is 3. The molecule has 0 aliphatic carbocycles. The minimum absolute atomic E-state index is 0.144. The van der Waals surface area contributed by atoms with Crippen LogP contribution >= 0.6 is 0 Å². The molecule has 2 rings (SSSR count). The highest BCUT2D eigenvalue weighted by molar-refractivity contribution is 5.73. The van der Waals surface area contributed by atoms with Gasteiger partial charge in [0, 0.05) is 6.42 Å². The van der Waals surface area contributed by atoms with E-state index in [1.807, 2.05) is 30.3 Å². The summed E-state index contributed by atoms with van der Waals surface area (Å²) in [5, 5.41) is 2.98. The van der Waals surface area contributed by atoms with E-state index >= 15 is 0 Å². The van der Waals surface area contributed by atoms with Crippen LogP contribution in [0.1, 0.15) is 5.56 Å². The van der Waals surface area contributed by atoms with Gasteiger partial charge in [0.05, 0.1) is 6.54 Å². The second-order valence-corrected chi connectivity index (χ2v) is 3.05. The number of ether oxygens (including phenoxy) is 1. The third-order valence-corrected chi connectivity index (χ3v) is 2.01. The first-order valence-corrected chi connectivity index (χ1v) is 4.31. The number of cyclic esters (lactones) is 1. The first-order valence-electron chi connectivity index (χ1n) is 4.31. The zero-order chi connectivity index (χ0) is 9.10. The first-order chi connectivity index (χ1) is 6.34. The maximum Gasteiger partial charge on any atom is 0.321 e. The number of rotatable bonds is 2. The smallest absolute Gasteiger partial charge is 0.321 e. The summed E-state index contributed by atoms with van der Waals surface area (Å²) in [6, 6.07) is 9.97. The van der Waals surface area contributed by atoms with E-state index in [1.54, 1.807) is 0 Å². The van der Waals surface area contributed by atoms with E-state index in [2.05, 4.69) is 5.32 Å². The quantitative estimate of drug-likeness (QED) is 0.676. The molecule has 0 spiro atoms. The summed E-state index contributed by atoms with van der Waals surface area (Å²) in [6.45, 7) is 0.331. The fourth-order valence-electron chi connectivity index (χ4n) is 1.38. The second-order valence-electron chi connectivity index (χ2n) is 3.05. The molecule has 1 saturated heterocycles. The monoisotopic (exact) mass is 177 g/mol. The van der Waals surface area contributed by atoms with Crippen molar-refractivity contribution in [3.8, 4) is 0 Å². The van der Waals surface area contributed by atoms with Gasteiger partial charge in [-0.3, -0.25) is 10.1 Å². The van der Waals surface area contributed by atoms with Crippen molar-refractivity contribution in [1.29, 1.82) is 0 Å². The lowest BCUT2D eigenvalue weighted by molar-refractivity contribution is -0.140. The molecule has 0 bridgehead atoms. The van der Waals surface area contributed by atoms with Crippen molar-refractivity contribution in [1.82, 2.24) is 5.32 Å². The minimum Gasteiger partial charge on any atom is -0.445 e. The molecule has 1 aliphatic heterocycles. The Morgan fingerprint density at radius 3 is 2.77 bits per heavy atom. The van der Waals surface area contributed by atoms with Gasteiger partial charge in [-0.1, -0.05) is 30.3 Å². The molecule has 0 amide bonds. The molecule has 1 atom stereocenters. The van der Waals surface area contributed by atoms with Crippen molar-refractivity contribution in [3.63, 3.8) is 0 Å². The highest BCUT2D eigenvalue weighted by Gasteiger charge is 2.21. The average molecular weight is 177 g/mol. The van der Waals surface area contributed by atoms with Crippen molar-refractivity contribution in [3.05, 3.63) is 35.9 Å². The van der Waals surface area contributed by atoms with Crippen LogP contribution in [0.25, 0.3) is 0 Å². The molecule has 3 nitrogen and oxygen atoms in total. The van der Waals surface area contributed by atoms with Gasteiger partial charge in [0.2, 0.25) is 0 Å². The maximum absolute atomic E-state index is 10.8. The molecule has 1 N–H and O–H groups in total. The van der Waals surface area contributed by atoms with Crippen LogP contribution in [0.5, 0.6) is 0 Å². The first kappa shape index (κ1) is 8.26. The molecule has 1 aliphatic rings. The van der Waals surface area contributed by atoms with Gasteiger partial charge in [-0.05, 0) is 5.56 Å². The van der Waals surface area contributed by atoms with Crippen molar-refractivity contribution >= 4 is 5.97 Å². The predicted octanol–water partition coefficient (Wildman–Crippen LogP) is 0.702. The van der Waals surface area contributed by atoms with E-state index in [4.69, 9.17) is 4.74 Å². The van der Waals surface area contributed by atoms with E-state index in [-0.39, 0.29) is 12.2 Å². The zero-order valence-electron chi connectivity index (χ0n) is 7.19. The molecule has 1 heterocycles. The zero-order valence-corrected chi connectivity index (χ0v) is 7.19. The Kier molecular flexibility index (Phi) is 2.27. The minimum atomic E-state index is -0.166. The number of carbonyl (C=O) groups excluding carboxylic acids is 1. The van der Waals surface area contributed by atoms with Crippen molar-refractivity contribution < 1.29 is 9.53 Å². The van der Waals surface area contributed by atoms with E-state index in [9.17, 15) is 4.79 Å². The number of nitrogens with one attached hydrogen (secondary N) is 1. The van der Waals surface area contributed by atoms with Crippen LogP contribution in [0.15, 0.2) is 30.3 Å². The molecule has 1 unspecified atom stereocenters. The molecule has 68 valence electrons. The Balaban J connectivity index is 1.96. The Labute approximate surface area is 76.7 Å². The summed E-state index contributed by atoms with van der Waals surface area (Å²) in [5.74, 6) is -0.166. The normalized spacial score (nSPS) is 21.5. The number of hydrogen-bond donors (Lipinski definition) is 1. The molecule has 13 heavy (non-hydrogen) atoms. The largest absolute Gasteiger partial charge is 0.445 e. The van der Waals surface area contributed by atoms with Gasteiger partial charge in [0.15, 0.2) is 6.23 Å². The van der Waals surface area contributed by atoms with Crippen molar-refractivity contribution in [2.45, 2.75) is 12.6 Å². The van der Waals surface area contributed by atoms with Crippen LogP contribution in [-0.4, -0.2) is 18.7 Å². The van der Waals surface area contributed by atoms with Gasteiger partial charge in [0.1, 0.15) is 0 Å². The van der Waals surface area contributed by atoms with Crippen LogP contribution in [0.4, 0.5) is 0 Å². The molecular weight excluding hydrogens is 166 g/mol. The standard InChI is InChI=1S/C10H11NO2/c12-10-7-11-9(13-10)6-8-4-2-1-3-5-8/h1-5,9,11H,6-7H2. The third kappa shape index (κ3) is 2.06. The fraction of sp³-hybridized carbons (Fsp3) is 0.300. The van der Waals surface area contributed by atoms with Crippen LogP contribution in [0.3, 0.4) is 0 Å². The lowest BCUT2D eigenvalue weighted by atomic mass is 10.1. The Morgan fingerprint density at radius 1 is 1.38 bits per heavy atom. The molecule has 0 radical (unpaired) electrons. The molecule has 1 fully saturated rings. The number of carbonyl (C=O) groups is 1. The summed E-state index contributed by atoms with van der Waals surface area (Å²) >= 11 is 0.